The molecule has 7 heteroatoms. The van der Waals surface area contributed by atoms with Crippen LogP contribution in [0.5, 0.6) is 0 Å². The van der Waals surface area contributed by atoms with Crippen molar-refractivity contribution in [2.75, 3.05) is 26.7 Å². The molecule has 2 aliphatic rings. The number of piperidine rings is 1. The van der Waals surface area contributed by atoms with Gasteiger partial charge in [-0.3, -0.25) is 14.4 Å². The van der Waals surface area contributed by atoms with E-state index in [-0.39, 0.29) is 23.8 Å². The zero-order chi connectivity index (χ0) is 18.2. The summed E-state index contributed by atoms with van der Waals surface area (Å²) in [6.07, 6.45) is 3.22. The highest BCUT2D eigenvalue weighted by Crippen LogP contribution is 2.39. The van der Waals surface area contributed by atoms with Gasteiger partial charge < -0.3 is 14.8 Å². The number of rotatable bonds is 3. The van der Waals surface area contributed by atoms with Gasteiger partial charge in [0.2, 0.25) is 11.8 Å². The van der Waals surface area contributed by atoms with Gasteiger partial charge in [-0.05, 0) is 26.2 Å². The zero-order valence-corrected chi connectivity index (χ0v) is 15.2. The number of nitrogens with zero attached hydrogens (tertiary/aromatic N) is 3. The summed E-state index contributed by atoms with van der Waals surface area (Å²) in [6, 6.07) is 0. The first-order valence-electron chi connectivity index (χ1n) is 8.98. The van der Waals surface area contributed by atoms with E-state index in [1.807, 2.05) is 14.0 Å². The Bertz CT molecular complexity index is 757. The van der Waals surface area contributed by atoms with Crippen molar-refractivity contribution in [1.82, 2.24) is 19.8 Å². The number of aromatic nitrogens is 2. The maximum atomic E-state index is 12.7. The van der Waals surface area contributed by atoms with Crippen LogP contribution in [0.2, 0.25) is 0 Å². The fraction of sp³-hybridized carbons (Fsp3) is 0.667. The molecule has 7 nitrogen and oxygen atoms in total. The monoisotopic (exact) mass is 346 g/mol. The molecule has 25 heavy (non-hydrogen) atoms. The predicted molar refractivity (Wildman–Crippen MR) is 93.2 cm³/mol. The highest BCUT2D eigenvalue weighted by atomic mass is 16.2. The lowest BCUT2D eigenvalue weighted by molar-refractivity contribution is -0.144. The van der Waals surface area contributed by atoms with Crippen molar-refractivity contribution in [2.45, 2.75) is 46.0 Å². The number of hydrogen-bond donors (Lipinski definition) is 1. The molecule has 0 bridgehead atoms. The molecule has 2 fully saturated rings. The fourth-order valence-corrected chi connectivity index (χ4v) is 4.04. The summed E-state index contributed by atoms with van der Waals surface area (Å²) in [4.78, 5) is 48.1. The third kappa shape index (κ3) is 3.19. The van der Waals surface area contributed by atoms with Crippen LogP contribution in [0.3, 0.4) is 0 Å². The second-order valence-corrected chi connectivity index (χ2v) is 7.28. The number of likely N-dealkylation sites (tertiary alicyclic amines) is 2. The molecule has 1 N–H and O–H groups in total. The number of carbonyl (C=O) groups is 2. The van der Waals surface area contributed by atoms with Crippen LogP contribution in [0.25, 0.3) is 0 Å². The molecule has 0 saturated carbocycles. The summed E-state index contributed by atoms with van der Waals surface area (Å²) in [5.74, 6) is 0.684. The molecular weight excluding hydrogens is 320 g/mol. The SMILES string of the molecule is CCc1nc(C)c(CC(=O)N2CC[C@]3(CCCN(C)C3=O)C2)c(=O)[nH]1. The molecule has 0 radical (unpaired) electrons. The van der Waals surface area contributed by atoms with Crippen LogP contribution in [-0.2, 0) is 22.4 Å². The first-order chi connectivity index (χ1) is 11.9. The number of aromatic amines is 1. The Morgan fingerprint density at radius 3 is 2.72 bits per heavy atom. The molecule has 2 saturated heterocycles. The van der Waals surface area contributed by atoms with Gasteiger partial charge in [0.05, 0.1) is 11.8 Å². The Kier molecular flexibility index (Phi) is 4.67. The van der Waals surface area contributed by atoms with Crippen LogP contribution in [0, 0.1) is 12.3 Å². The largest absolute Gasteiger partial charge is 0.345 e. The van der Waals surface area contributed by atoms with Gasteiger partial charge in [0.15, 0.2) is 0 Å². The first-order valence-corrected chi connectivity index (χ1v) is 8.98. The molecule has 1 atom stereocenters. The maximum absolute atomic E-state index is 12.7. The molecule has 0 unspecified atom stereocenters. The lowest BCUT2D eigenvalue weighted by Gasteiger charge is -2.37. The second kappa shape index (κ2) is 6.61. The van der Waals surface area contributed by atoms with E-state index in [1.165, 1.54) is 0 Å². The van der Waals surface area contributed by atoms with Crippen LogP contribution in [-0.4, -0.2) is 58.3 Å². The lowest BCUT2D eigenvalue weighted by Crippen LogP contribution is -2.48. The zero-order valence-electron chi connectivity index (χ0n) is 15.2. The van der Waals surface area contributed by atoms with E-state index < -0.39 is 5.41 Å². The Hall–Kier alpha value is -2.18. The van der Waals surface area contributed by atoms with Crippen LogP contribution in [0.1, 0.15) is 43.3 Å². The van der Waals surface area contributed by atoms with E-state index >= 15 is 0 Å². The molecule has 3 rings (SSSR count). The summed E-state index contributed by atoms with van der Waals surface area (Å²) in [7, 11) is 1.83. The fourth-order valence-electron chi connectivity index (χ4n) is 4.04. The molecule has 2 aliphatic heterocycles. The van der Waals surface area contributed by atoms with E-state index in [9.17, 15) is 14.4 Å². The van der Waals surface area contributed by atoms with Gasteiger partial charge in [-0.1, -0.05) is 6.92 Å². The number of nitrogens with one attached hydrogen (secondary N) is 1. The van der Waals surface area contributed by atoms with Gasteiger partial charge in [-0.25, -0.2) is 4.98 Å². The van der Waals surface area contributed by atoms with Gasteiger partial charge in [-0.2, -0.15) is 0 Å². The Balaban J connectivity index is 1.73. The standard InChI is InChI=1S/C18H26N4O3/c1-4-14-19-12(2)13(16(24)20-14)10-15(23)22-9-7-18(11-22)6-5-8-21(3)17(18)25/h4-11H2,1-3H3,(H,19,20,24)/t18-/m1/s1. The second-order valence-electron chi connectivity index (χ2n) is 7.28. The summed E-state index contributed by atoms with van der Waals surface area (Å²) >= 11 is 0. The summed E-state index contributed by atoms with van der Waals surface area (Å²) in [6.45, 7) is 5.52. The minimum absolute atomic E-state index is 0.0400. The first kappa shape index (κ1) is 17.6. The number of aryl methyl sites for hydroxylation is 2. The van der Waals surface area contributed by atoms with E-state index in [2.05, 4.69) is 9.97 Å². The molecule has 0 aromatic carbocycles. The minimum Gasteiger partial charge on any atom is -0.345 e. The van der Waals surface area contributed by atoms with Gasteiger partial charge >= 0.3 is 0 Å². The molecule has 136 valence electrons. The van der Waals surface area contributed by atoms with Crippen LogP contribution >= 0.6 is 0 Å². The molecular formula is C18H26N4O3. The quantitative estimate of drug-likeness (QED) is 0.871. The average molecular weight is 346 g/mol. The third-order valence-electron chi connectivity index (χ3n) is 5.59. The summed E-state index contributed by atoms with van der Waals surface area (Å²) in [5.41, 5.74) is 0.376. The van der Waals surface area contributed by atoms with Gasteiger partial charge in [0.1, 0.15) is 5.82 Å². The van der Waals surface area contributed by atoms with E-state index in [0.717, 1.165) is 19.4 Å². The molecule has 1 aromatic rings. The van der Waals surface area contributed by atoms with Gasteiger partial charge in [0, 0.05) is 44.4 Å². The normalized spacial score (nSPS) is 23.6. The molecule has 0 aliphatic carbocycles. The van der Waals surface area contributed by atoms with Gasteiger partial charge in [0.25, 0.3) is 5.56 Å². The van der Waals surface area contributed by atoms with Crippen LogP contribution in [0.15, 0.2) is 4.79 Å². The number of hydrogen-bond acceptors (Lipinski definition) is 4. The third-order valence-corrected chi connectivity index (χ3v) is 5.59. The molecule has 2 amide bonds. The lowest BCUT2D eigenvalue weighted by atomic mass is 9.78. The summed E-state index contributed by atoms with van der Waals surface area (Å²) in [5, 5.41) is 0. The van der Waals surface area contributed by atoms with Crippen molar-refractivity contribution >= 4 is 11.8 Å². The number of amides is 2. The Morgan fingerprint density at radius 2 is 2.04 bits per heavy atom. The number of H-pyrrole nitrogens is 1. The highest BCUT2D eigenvalue weighted by molar-refractivity contribution is 5.86. The highest BCUT2D eigenvalue weighted by Gasteiger charge is 2.48. The average Bonchev–Trinajstić information content (AvgIpc) is 3.01. The van der Waals surface area contributed by atoms with E-state index in [0.29, 0.717) is 43.0 Å². The van der Waals surface area contributed by atoms with E-state index in [1.54, 1.807) is 16.7 Å². The van der Waals surface area contributed by atoms with Crippen LogP contribution < -0.4 is 5.56 Å². The molecule has 1 aromatic heterocycles. The Morgan fingerprint density at radius 1 is 1.28 bits per heavy atom. The van der Waals surface area contributed by atoms with Gasteiger partial charge in [-0.15, -0.1) is 0 Å². The smallest absolute Gasteiger partial charge is 0.254 e. The Labute approximate surface area is 147 Å². The van der Waals surface area contributed by atoms with Crippen molar-refractivity contribution in [1.29, 1.82) is 0 Å². The van der Waals surface area contributed by atoms with Crippen molar-refractivity contribution < 1.29 is 9.59 Å². The predicted octanol–water partition coefficient (Wildman–Crippen LogP) is 0.654. The molecule has 1 spiro atoms. The van der Waals surface area contributed by atoms with Crippen LogP contribution in [0.4, 0.5) is 0 Å². The van der Waals surface area contributed by atoms with Crippen molar-refractivity contribution in [3.8, 4) is 0 Å². The van der Waals surface area contributed by atoms with Crippen molar-refractivity contribution in [2.24, 2.45) is 5.41 Å². The van der Waals surface area contributed by atoms with E-state index in [4.69, 9.17) is 0 Å². The summed E-state index contributed by atoms with van der Waals surface area (Å²) < 4.78 is 0. The van der Waals surface area contributed by atoms with Crippen molar-refractivity contribution in [3.05, 3.63) is 27.4 Å². The molecule has 3 heterocycles. The topological polar surface area (TPSA) is 86.4 Å². The number of carbonyl (C=O) groups excluding carboxylic acids is 2. The van der Waals surface area contributed by atoms with Crippen molar-refractivity contribution in [3.63, 3.8) is 0 Å². The maximum Gasteiger partial charge on any atom is 0.254 e. The minimum atomic E-state index is -0.422.